The molecule has 4 heterocycles. The van der Waals surface area contributed by atoms with Crippen LogP contribution in [0, 0.1) is 12.8 Å². The first-order valence-electron chi connectivity index (χ1n) is 9.29. The third-order valence-corrected chi connectivity index (χ3v) is 7.21. The smallest absolute Gasteiger partial charge is 0.275 e. The maximum absolute atomic E-state index is 12.7. The minimum absolute atomic E-state index is 0.187. The quantitative estimate of drug-likeness (QED) is 0.762. The fourth-order valence-corrected chi connectivity index (χ4v) is 5.66. The summed E-state index contributed by atoms with van der Waals surface area (Å²) in [7, 11) is 1.56. The molecule has 2 aliphatic rings. The van der Waals surface area contributed by atoms with Gasteiger partial charge in [0.2, 0.25) is 0 Å². The van der Waals surface area contributed by atoms with Gasteiger partial charge < -0.3 is 20.5 Å². The summed E-state index contributed by atoms with van der Waals surface area (Å²) in [4.78, 5) is 26.3. The number of ether oxygens (including phenoxy) is 2. The number of fused-ring (bicyclic) bond motifs is 1. The third kappa shape index (κ3) is 3.84. The molecule has 0 radical (unpaired) electrons. The number of carbonyl (C=O) groups is 1. The van der Waals surface area contributed by atoms with Gasteiger partial charge in [0.1, 0.15) is 27.8 Å². The number of nitrogens with zero attached hydrogens (tertiary/aromatic N) is 3. The van der Waals surface area contributed by atoms with E-state index in [4.69, 9.17) is 20.2 Å². The lowest BCUT2D eigenvalue weighted by Gasteiger charge is -2.44. The number of amides is 1. The zero-order valence-electron chi connectivity index (χ0n) is 16.5. The van der Waals surface area contributed by atoms with E-state index in [1.54, 1.807) is 24.9 Å². The highest BCUT2D eigenvalue weighted by Gasteiger charge is 2.49. The average Bonchev–Trinajstić information content (AvgIpc) is 3.17. The minimum Gasteiger partial charge on any atom is -0.495 e. The topological polar surface area (TPSA) is 112 Å². The first-order valence-corrected chi connectivity index (χ1v) is 11.2. The van der Waals surface area contributed by atoms with E-state index in [1.165, 1.54) is 17.5 Å². The lowest BCUT2D eigenvalue weighted by atomic mass is 9.80. The summed E-state index contributed by atoms with van der Waals surface area (Å²) >= 11 is 3.04. The lowest BCUT2D eigenvalue weighted by molar-refractivity contribution is -0.0466. The van der Waals surface area contributed by atoms with Gasteiger partial charge >= 0.3 is 0 Å². The fourth-order valence-electron chi connectivity index (χ4n) is 3.68. The van der Waals surface area contributed by atoms with E-state index in [-0.39, 0.29) is 12.0 Å². The molecule has 3 N–H and O–H groups in total. The van der Waals surface area contributed by atoms with Crippen LogP contribution in [0.3, 0.4) is 0 Å². The van der Waals surface area contributed by atoms with Crippen molar-refractivity contribution in [3.05, 3.63) is 33.9 Å². The van der Waals surface area contributed by atoms with Crippen LogP contribution in [-0.2, 0) is 10.3 Å². The molecule has 0 aromatic carbocycles. The molecule has 0 spiro atoms. The highest BCUT2D eigenvalue weighted by atomic mass is 32.2. The molecule has 0 aliphatic carbocycles. The summed E-state index contributed by atoms with van der Waals surface area (Å²) in [6.45, 7) is 4.34. The Morgan fingerprint density at radius 1 is 1.48 bits per heavy atom. The van der Waals surface area contributed by atoms with Crippen molar-refractivity contribution in [1.29, 1.82) is 0 Å². The molecule has 3 atom stereocenters. The van der Waals surface area contributed by atoms with Crippen molar-refractivity contribution < 1.29 is 14.3 Å². The van der Waals surface area contributed by atoms with Crippen molar-refractivity contribution in [2.24, 2.45) is 16.6 Å². The van der Waals surface area contributed by atoms with E-state index >= 15 is 0 Å². The number of aromatic nitrogens is 2. The normalized spacial score (nSPS) is 26.4. The number of aliphatic imine (C=N–C) groups is 1. The van der Waals surface area contributed by atoms with Crippen LogP contribution in [0.5, 0.6) is 5.75 Å². The van der Waals surface area contributed by atoms with Gasteiger partial charge in [0.05, 0.1) is 26.0 Å². The van der Waals surface area contributed by atoms with Crippen LogP contribution in [0.1, 0.15) is 34.4 Å². The summed E-state index contributed by atoms with van der Waals surface area (Å²) in [5, 5.41) is 6.03. The third-order valence-electron chi connectivity index (χ3n) is 5.24. The van der Waals surface area contributed by atoms with E-state index in [0.717, 1.165) is 22.7 Å². The SMILES string of the molecule is COc1cnc(C(=O)Nc2csc([C@]34CO[C@@H](C)C[C@H]3CSC(N)=N4)n2)c(C)c1. The van der Waals surface area contributed by atoms with Gasteiger partial charge in [0, 0.05) is 17.1 Å². The Hall–Kier alpha value is -2.17. The molecule has 2 aliphatic heterocycles. The molecule has 10 heteroatoms. The van der Waals surface area contributed by atoms with Gasteiger partial charge in [-0.3, -0.25) is 4.79 Å². The minimum atomic E-state index is -0.580. The molecule has 29 heavy (non-hydrogen) atoms. The number of aryl methyl sites for hydroxylation is 1. The summed E-state index contributed by atoms with van der Waals surface area (Å²) in [5.74, 6) is 1.96. The van der Waals surface area contributed by atoms with Crippen LogP contribution in [0.25, 0.3) is 0 Å². The van der Waals surface area contributed by atoms with E-state index in [0.29, 0.717) is 35.0 Å². The number of nitrogens with two attached hydrogens (primary N) is 1. The molecular formula is C19H23N5O3S2. The van der Waals surface area contributed by atoms with Crippen LogP contribution >= 0.6 is 23.1 Å². The van der Waals surface area contributed by atoms with E-state index in [1.807, 2.05) is 12.3 Å². The molecule has 2 aromatic rings. The molecule has 0 bridgehead atoms. The number of amidine groups is 1. The van der Waals surface area contributed by atoms with E-state index in [9.17, 15) is 4.79 Å². The number of hydrogen-bond acceptors (Lipinski definition) is 9. The van der Waals surface area contributed by atoms with Gasteiger partial charge in [-0.05, 0) is 31.9 Å². The van der Waals surface area contributed by atoms with Gasteiger partial charge in [-0.25, -0.2) is 15.0 Å². The Balaban J connectivity index is 1.58. The number of anilines is 1. The molecule has 0 saturated carbocycles. The molecule has 4 rings (SSSR count). The summed E-state index contributed by atoms with van der Waals surface area (Å²) in [5.41, 5.74) is 6.53. The molecule has 2 aromatic heterocycles. The molecule has 1 fully saturated rings. The van der Waals surface area contributed by atoms with Crippen molar-refractivity contribution >= 4 is 40.0 Å². The maximum Gasteiger partial charge on any atom is 0.275 e. The molecule has 1 amide bonds. The number of rotatable bonds is 4. The van der Waals surface area contributed by atoms with Crippen molar-refractivity contribution in [2.45, 2.75) is 31.9 Å². The Kier molecular flexibility index (Phi) is 5.50. The van der Waals surface area contributed by atoms with E-state index in [2.05, 4.69) is 22.2 Å². The highest BCUT2D eigenvalue weighted by Crippen LogP contribution is 2.47. The molecule has 8 nitrogen and oxygen atoms in total. The number of thioether (sulfide) groups is 1. The van der Waals surface area contributed by atoms with Crippen LogP contribution in [0.4, 0.5) is 5.82 Å². The van der Waals surface area contributed by atoms with Crippen molar-refractivity contribution in [3.8, 4) is 5.75 Å². The maximum atomic E-state index is 12.7. The average molecular weight is 434 g/mol. The first-order chi connectivity index (χ1) is 13.9. The van der Waals surface area contributed by atoms with Crippen molar-refractivity contribution in [3.63, 3.8) is 0 Å². The Morgan fingerprint density at radius 3 is 3.07 bits per heavy atom. The molecule has 154 valence electrons. The second kappa shape index (κ2) is 7.92. The summed E-state index contributed by atoms with van der Waals surface area (Å²) < 4.78 is 11.1. The van der Waals surface area contributed by atoms with Gasteiger partial charge in [-0.2, -0.15) is 0 Å². The molecular weight excluding hydrogens is 410 g/mol. The Labute approximate surface area is 177 Å². The number of methoxy groups -OCH3 is 1. The van der Waals surface area contributed by atoms with Gasteiger partial charge in [-0.15, -0.1) is 11.3 Å². The predicted molar refractivity (Wildman–Crippen MR) is 115 cm³/mol. The number of carbonyl (C=O) groups excluding carboxylic acids is 1. The zero-order valence-corrected chi connectivity index (χ0v) is 18.1. The fraction of sp³-hybridized carbons (Fsp3) is 0.474. The monoisotopic (exact) mass is 433 g/mol. The number of pyridine rings is 1. The largest absolute Gasteiger partial charge is 0.495 e. The zero-order chi connectivity index (χ0) is 20.6. The molecule has 1 saturated heterocycles. The second-order valence-electron chi connectivity index (χ2n) is 7.27. The van der Waals surface area contributed by atoms with Crippen LogP contribution in [-0.4, -0.2) is 46.6 Å². The Morgan fingerprint density at radius 2 is 2.31 bits per heavy atom. The van der Waals surface area contributed by atoms with Gasteiger partial charge in [0.25, 0.3) is 5.91 Å². The predicted octanol–water partition coefficient (Wildman–Crippen LogP) is 2.79. The lowest BCUT2D eigenvalue weighted by Crippen LogP contribution is -2.49. The van der Waals surface area contributed by atoms with Crippen LogP contribution < -0.4 is 15.8 Å². The van der Waals surface area contributed by atoms with Crippen molar-refractivity contribution in [1.82, 2.24) is 9.97 Å². The highest BCUT2D eigenvalue weighted by molar-refractivity contribution is 8.13. The summed E-state index contributed by atoms with van der Waals surface area (Å²) in [6.07, 6.45) is 2.61. The number of thiazole rings is 1. The van der Waals surface area contributed by atoms with Crippen LogP contribution in [0.2, 0.25) is 0 Å². The second-order valence-corrected chi connectivity index (χ2v) is 9.17. The molecule has 0 unspecified atom stereocenters. The standard InChI is InChI=1S/C19H23N5O3S2/c1-10-4-13(26-3)6-21-15(10)16(25)22-14-8-28-17(23-14)19-9-27-11(2)5-12(19)7-29-18(20)24-19/h4,6,8,11-12H,5,7,9H2,1-3H3,(H2,20,24)(H,22,25)/t11-,12-,19-/m0/s1. The Bertz CT molecular complexity index is 963. The number of nitrogens with one attached hydrogen (secondary N) is 1. The summed E-state index contributed by atoms with van der Waals surface area (Å²) in [6, 6.07) is 1.77. The van der Waals surface area contributed by atoms with E-state index < -0.39 is 5.54 Å². The van der Waals surface area contributed by atoms with Crippen LogP contribution in [0.15, 0.2) is 22.6 Å². The number of hydrogen-bond donors (Lipinski definition) is 2. The van der Waals surface area contributed by atoms with Gasteiger partial charge in [0.15, 0.2) is 5.17 Å². The van der Waals surface area contributed by atoms with Gasteiger partial charge in [-0.1, -0.05) is 11.8 Å². The van der Waals surface area contributed by atoms with Crippen molar-refractivity contribution in [2.75, 3.05) is 24.8 Å². The first kappa shape index (κ1) is 20.1.